The SMILES string of the molecule is CC(C)C1(CNC(=O)NC(C)(C)CC(=O)O)CC1. The number of hydrogen-bond donors (Lipinski definition) is 3. The van der Waals surface area contributed by atoms with Crippen molar-refractivity contribution in [2.45, 2.75) is 52.5 Å². The van der Waals surface area contributed by atoms with E-state index in [1.54, 1.807) is 13.8 Å². The monoisotopic (exact) mass is 256 g/mol. The molecule has 0 aromatic heterocycles. The fourth-order valence-electron chi connectivity index (χ4n) is 2.15. The first-order valence-corrected chi connectivity index (χ1v) is 6.45. The van der Waals surface area contributed by atoms with Gasteiger partial charge in [-0.2, -0.15) is 0 Å². The number of nitrogens with one attached hydrogen (secondary N) is 2. The summed E-state index contributed by atoms with van der Waals surface area (Å²) in [7, 11) is 0. The van der Waals surface area contributed by atoms with Gasteiger partial charge in [0.15, 0.2) is 0 Å². The molecule has 0 saturated heterocycles. The van der Waals surface area contributed by atoms with Crippen molar-refractivity contribution in [2.75, 3.05) is 6.54 Å². The molecule has 0 radical (unpaired) electrons. The van der Waals surface area contributed by atoms with Crippen LogP contribution in [0.15, 0.2) is 0 Å². The normalized spacial score (nSPS) is 17.4. The third-order valence-corrected chi connectivity index (χ3v) is 3.76. The number of carbonyl (C=O) groups is 2. The van der Waals surface area contributed by atoms with Crippen LogP contribution in [0, 0.1) is 11.3 Å². The maximum Gasteiger partial charge on any atom is 0.315 e. The summed E-state index contributed by atoms with van der Waals surface area (Å²) in [4.78, 5) is 22.4. The van der Waals surface area contributed by atoms with Gasteiger partial charge in [0.2, 0.25) is 0 Å². The zero-order valence-corrected chi connectivity index (χ0v) is 11.7. The van der Waals surface area contributed by atoms with E-state index in [4.69, 9.17) is 5.11 Å². The van der Waals surface area contributed by atoms with Crippen molar-refractivity contribution >= 4 is 12.0 Å². The van der Waals surface area contributed by atoms with Crippen LogP contribution in [0.25, 0.3) is 0 Å². The molecular weight excluding hydrogens is 232 g/mol. The smallest absolute Gasteiger partial charge is 0.315 e. The lowest BCUT2D eigenvalue weighted by atomic mass is 9.92. The predicted octanol–water partition coefficient (Wildman–Crippen LogP) is 1.98. The molecular formula is C13H24N2O3. The molecule has 0 unspecified atom stereocenters. The summed E-state index contributed by atoms with van der Waals surface area (Å²) in [6.45, 7) is 8.41. The molecule has 0 bridgehead atoms. The number of carboxylic acids is 1. The van der Waals surface area contributed by atoms with Crippen LogP contribution in [0.4, 0.5) is 4.79 Å². The van der Waals surface area contributed by atoms with Crippen LogP contribution >= 0.6 is 0 Å². The Morgan fingerprint density at radius 1 is 1.33 bits per heavy atom. The fraction of sp³-hybridized carbons (Fsp3) is 0.846. The van der Waals surface area contributed by atoms with Gasteiger partial charge in [0.05, 0.1) is 6.42 Å². The van der Waals surface area contributed by atoms with E-state index in [1.165, 1.54) is 0 Å². The van der Waals surface area contributed by atoms with Crippen molar-refractivity contribution in [3.63, 3.8) is 0 Å². The van der Waals surface area contributed by atoms with Crippen molar-refractivity contribution in [1.29, 1.82) is 0 Å². The van der Waals surface area contributed by atoms with Crippen LogP contribution in [-0.4, -0.2) is 29.2 Å². The third-order valence-electron chi connectivity index (χ3n) is 3.76. The third kappa shape index (κ3) is 4.20. The topological polar surface area (TPSA) is 78.4 Å². The van der Waals surface area contributed by atoms with Crippen LogP contribution in [0.2, 0.25) is 0 Å². The first-order chi connectivity index (χ1) is 8.17. The average Bonchev–Trinajstić information content (AvgIpc) is 2.92. The number of urea groups is 1. The van der Waals surface area contributed by atoms with E-state index in [0.29, 0.717) is 12.5 Å². The molecule has 1 rings (SSSR count). The van der Waals surface area contributed by atoms with Crippen molar-refractivity contribution in [2.24, 2.45) is 11.3 Å². The molecule has 0 aromatic carbocycles. The maximum absolute atomic E-state index is 11.7. The van der Waals surface area contributed by atoms with Crippen LogP contribution in [0.3, 0.4) is 0 Å². The van der Waals surface area contributed by atoms with Crippen LogP contribution in [0.5, 0.6) is 0 Å². The molecule has 0 aliphatic heterocycles. The maximum atomic E-state index is 11.7. The lowest BCUT2D eigenvalue weighted by Gasteiger charge is -2.26. The molecule has 1 fully saturated rings. The first kappa shape index (κ1) is 14.8. The number of hydrogen-bond acceptors (Lipinski definition) is 2. The average molecular weight is 256 g/mol. The van der Waals surface area contributed by atoms with Gasteiger partial charge in [-0.05, 0) is 38.0 Å². The zero-order chi connectivity index (χ0) is 14.0. The summed E-state index contributed by atoms with van der Waals surface area (Å²) < 4.78 is 0. The number of amides is 2. The minimum Gasteiger partial charge on any atom is -0.481 e. The highest BCUT2D eigenvalue weighted by atomic mass is 16.4. The van der Waals surface area contributed by atoms with Crippen molar-refractivity contribution in [1.82, 2.24) is 10.6 Å². The molecule has 2 amide bonds. The van der Waals surface area contributed by atoms with E-state index in [0.717, 1.165) is 12.8 Å². The van der Waals surface area contributed by atoms with E-state index in [1.807, 2.05) is 0 Å². The van der Waals surface area contributed by atoms with E-state index in [2.05, 4.69) is 24.5 Å². The van der Waals surface area contributed by atoms with E-state index >= 15 is 0 Å². The Kier molecular flexibility index (Phi) is 4.24. The summed E-state index contributed by atoms with van der Waals surface area (Å²) in [5.74, 6) is -0.356. The summed E-state index contributed by atoms with van der Waals surface area (Å²) in [6, 6.07) is -0.284. The molecule has 0 spiro atoms. The molecule has 18 heavy (non-hydrogen) atoms. The van der Waals surface area contributed by atoms with Gasteiger partial charge in [0.25, 0.3) is 0 Å². The molecule has 1 saturated carbocycles. The molecule has 5 heteroatoms. The van der Waals surface area contributed by atoms with Gasteiger partial charge in [0, 0.05) is 12.1 Å². The fourth-order valence-corrected chi connectivity index (χ4v) is 2.15. The minimum atomic E-state index is -0.916. The minimum absolute atomic E-state index is 0.0876. The second-order valence-corrected chi connectivity index (χ2v) is 6.28. The molecule has 104 valence electrons. The van der Waals surface area contributed by atoms with Gasteiger partial charge >= 0.3 is 12.0 Å². The molecule has 5 nitrogen and oxygen atoms in total. The molecule has 0 heterocycles. The van der Waals surface area contributed by atoms with E-state index in [9.17, 15) is 9.59 Å². The van der Waals surface area contributed by atoms with Crippen molar-refractivity contribution in [3.05, 3.63) is 0 Å². The zero-order valence-electron chi connectivity index (χ0n) is 11.7. The largest absolute Gasteiger partial charge is 0.481 e. The lowest BCUT2D eigenvalue weighted by molar-refractivity contribution is -0.138. The number of carbonyl (C=O) groups excluding carboxylic acids is 1. The Hall–Kier alpha value is -1.26. The van der Waals surface area contributed by atoms with Gasteiger partial charge in [-0.25, -0.2) is 4.79 Å². The standard InChI is InChI=1S/C13H24N2O3/c1-9(2)13(5-6-13)8-14-11(18)15-12(3,4)7-10(16)17/h9H,5-8H2,1-4H3,(H,16,17)(H2,14,15,18). The summed E-state index contributed by atoms with van der Waals surface area (Å²) in [5.41, 5.74) is -0.473. The molecule has 1 aliphatic carbocycles. The number of carboxylic acid groups (broad SMARTS) is 1. The van der Waals surface area contributed by atoms with Crippen molar-refractivity contribution in [3.8, 4) is 0 Å². The highest BCUT2D eigenvalue weighted by Crippen LogP contribution is 2.51. The number of rotatable bonds is 6. The summed E-state index contributed by atoms with van der Waals surface area (Å²) in [5, 5.41) is 14.3. The summed E-state index contributed by atoms with van der Waals surface area (Å²) in [6.07, 6.45) is 2.22. The van der Waals surface area contributed by atoms with Gasteiger partial charge < -0.3 is 15.7 Å². The highest BCUT2D eigenvalue weighted by Gasteiger charge is 2.45. The predicted molar refractivity (Wildman–Crippen MR) is 69.4 cm³/mol. The number of aliphatic carboxylic acids is 1. The molecule has 3 N–H and O–H groups in total. The molecule has 0 aromatic rings. The second-order valence-electron chi connectivity index (χ2n) is 6.28. The molecule has 1 aliphatic rings. The van der Waals surface area contributed by atoms with Gasteiger partial charge in [-0.3, -0.25) is 4.79 Å². The highest BCUT2D eigenvalue weighted by molar-refractivity contribution is 5.76. The lowest BCUT2D eigenvalue weighted by Crippen LogP contribution is -2.50. The van der Waals surface area contributed by atoms with Gasteiger partial charge in [-0.1, -0.05) is 13.8 Å². The Labute approximate surface area is 108 Å². The first-order valence-electron chi connectivity index (χ1n) is 6.45. The van der Waals surface area contributed by atoms with Crippen LogP contribution in [0.1, 0.15) is 47.0 Å². The van der Waals surface area contributed by atoms with Crippen LogP contribution < -0.4 is 10.6 Å². The van der Waals surface area contributed by atoms with Gasteiger partial charge in [-0.15, -0.1) is 0 Å². The Balaban J connectivity index is 2.36. The molecule has 0 atom stereocenters. The van der Waals surface area contributed by atoms with Crippen molar-refractivity contribution < 1.29 is 14.7 Å². The van der Waals surface area contributed by atoms with E-state index < -0.39 is 11.5 Å². The van der Waals surface area contributed by atoms with Crippen LogP contribution in [-0.2, 0) is 4.79 Å². The van der Waals surface area contributed by atoms with Gasteiger partial charge in [0.1, 0.15) is 0 Å². The Bertz CT molecular complexity index is 333. The Morgan fingerprint density at radius 2 is 1.89 bits per heavy atom. The Morgan fingerprint density at radius 3 is 2.28 bits per heavy atom. The summed E-state index contributed by atoms with van der Waals surface area (Å²) >= 11 is 0. The quantitative estimate of drug-likeness (QED) is 0.680. The second kappa shape index (κ2) is 5.16. The van der Waals surface area contributed by atoms with E-state index in [-0.39, 0.29) is 17.9 Å².